The van der Waals surface area contributed by atoms with Crippen LogP contribution in [0, 0.1) is 0 Å². The highest BCUT2D eigenvalue weighted by molar-refractivity contribution is 8.00. The summed E-state index contributed by atoms with van der Waals surface area (Å²) in [5.41, 5.74) is 2.70. The van der Waals surface area contributed by atoms with E-state index in [0.29, 0.717) is 16.7 Å². The average Bonchev–Trinajstić information content (AvgIpc) is 3.27. The van der Waals surface area contributed by atoms with E-state index in [2.05, 4.69) is 22.1 Å². The second kappa shape index (κ2) is 7.36. The van der Waals surface area contributed by atoms with Crippen molar-refractivity contribution in [3.05, 3.63) is 60.2 Å². The molecule has 1 fully saturated rings. The van der Waals surface area contributed by atoms with E-state index in [1.165, 1.54) is 16.7 Å². The summed E-state index contributed by atoms with van der Waals surface area (Å²) in [5.74, 6) is 0.225. The van der Waals surface area contributed by atoms with Crippen LogP contribution in [0.5, 0.6) is 0 Å². The van der Waals surface area contributed by atoms with Gasteiger partial charge in [0.05, 0.1) is 5.69 Å². The predicted octanol–water partition coefficient (Wildman–Crippen LogP) is 3.46. The number of thioether (sulfide) groups is 1. The maximum Gasteiger partial charge on any atom is 0.247 e. The second-order valence-corrected chi connectivity index (χ2v) is 7.40. The molecular formula is C20H18N4O2S. The molecule has 0 saturated carbocycles. The van der Waals surface area contributed by atoms with Crippen LogP contribution >= 0.6 is 11.8 Å². The van der Waals surface area contributed by atoms with Gasteiger partial charge in [-0.05, 0) is 24.1 Å². The minimum absolute atomic E-state index is 0.147. The van der Waals surface area contributed by atoms with Crippen LogP contribution in [0.1, 0.15) is 18.9 Å². The van der Waals surface area contributed by atoms with Gasteiger partial charge in [0.15, 0.2) is 5.82 Å². The first-order valence-electron chi connectivity index (χ1n) is 8.76. The lowest BCUT2D eigenvalue weighted by Crippen LogP contribution is -2.31. The van der Waals surface area contributed by atoms with E-state index < -0.39 is 5.25 Å². The number of anilines is 1. The van der Waals surface area contributed by atoms with Gasteiger partial charge in [-0.25, -0.2) is 9.88 Å². The molecule has 7 heteroatoms. The Morgan fingerprint density at radius 1 is 1.11 bits per heavy atom. The lowest BCUT2D eigenvalue weighted by Gasteiger charge is -2.15. The Morgan fingerprint density at radius 3 is 2.56 bits per heavy atom. The number of nitrogens with one attached hydrogen (secondary N) is 1. The molecule has 0 bridgehead atoms. The molecule has 1 saturated heterocycles. The van der Waals surface area contributed by atoms with Gasteiger partial charge in [-0.1, -0.05) is 61.2 Å². The standard InChI is InChI=1S/C20H18N4O2S/c1-2-13-8-10-15(11-9-13)24-17(25)12-16(19(24)26)27-20-21-18(22-23-20)14-6-4-3-5-7-14/h3-11,16H,2,12H2,1H3,(H,21,22,23). The molecule has 6 nitrogen and oxygen atoms in total. The summed E-state index contributed by atoms with van der Waals surface area (Å²) in [6, 6.07) is 17.2. The van der Waals surface area contributed by atoms with E-state index in [-0.39, 0.29) is 18.2 Å². The topological polar surface area (TPSA) is 79.0 Å². The predicted molar refractivity (Wildman–Crippen MR) is 104 cm³/mol. The second-order valence-electron chi connectivity index (χ2n) is 6.23. The third-order valence-electron chi connectivity index (χ3n) is 4.47. The van der Waals surface area contributed by atoms with Crippen molar-refractivity contribution in [1.29, 1.82) is 0 Å². The zero-order valence-electron chi connectivity index (χ0n) is 14.8. The largest absolute Gasteiger partial charge is 0.274 e. The van der Waals surface area contributed by atoms with E-state index in [0.717, 1.165) is 17.5 Å². The number of rotatable bonds is 5. The van der Waals surface area contributed by atoms with Crippen molar-refractivity contribution >= 4 is 29.3 Å². The lowest BCUT2D eigenvalue weighted by atomic mass is 10.1. The fourth-order valence-electron chi connectivity index (χ4n) is 3.00. The first kappa shape index (κ1) is 17.5. The van der Waals surface area contributed by atoms with Crippen molar-refractivity contribution < 1.29 is 9.59 Å². The van der Waals surface area contributed by atoms with Crippen molar-refractivity contribution in [2.45, 2.75) is 30.2 Å². The number of amides is 2. The summed E-state index contributed by atoms with van der Waals surface area (Å²) >= 11 is 1.22. The molecule has 2 aromatic carbocycles. The molecule has 27 heavy (non-hydrogen) atoms. The highest BCUT2D eigenvalue weighted by atomic mass is 32.2. The van der Waals surface area contributed by atoms with Gasteiger partial charge >= 0.3 is 0 Å². The van der Waals surface area contributed by atoms with Crippen molar-refractivity contribution in [2.24, 2.45) is 0 Å². The summed E-state index contributed by atoms with van der Waals surface area (Å²) in [7, 11) is 0. The first-order valence-corrected chi connectivity index (χ1v) is 9.64. The van der Waals surface area contributed by atoms with Gasteiger partial charge in [-0.3, -0.25) is 14.7 Å². The molecule has 1 atom stereocenters. The zero-order valence-corrected chi connectivity index (χ0v) is 15.6. The molecule has 2 amide bonds. The van der Waals surface area contributed by atoms with Gasteiger partial charge < -0.3 is 0 Å². The SMILES string of the molecule is CCc1ccc(N2C(=O)CC(Sc3n[nH]c(-c4ccccc4)n3)C2=O)cc1. The van der Waals surface area contributed by atoms with Crippen LogP contribution in [0.3, 0.4) is 0 Å². The number of aryl methyl sites for hydroxylation is 1. The van der Waals surface area contributed by atoms with Gasteiger partial charge in [0.25, 0.3) is 0 Å². The number of hydrogen-bond acceptors (Lipinski definition) is 5. The molecule has 1 N–H and O–H groups in total. The van der Waals surface area contributed by atoms with Crippen LogP contribution in [-0.4, -0.2) is 32.2 Å². The summed E-state index contributed by atoms with van der Waals surface area (Å²) < 4.78 is 0. The van der Waals surface area contributed by atoms with Crippen LogP contribution in [0.4, 0.5) is 5.69 Å². The molecule has 1 aliphatic heterocycles. The fourth-order valence-corrected chi connectivity index (χ4v) is 3.93. The van der Waals surface area contributed by atoms with Gasteiger partial charge in [0.2, 0.25) is 17.0 Å². The van der Waals surface area contributed by atoms with Crippen LogP contribution in [-0.2, 0) is 16.0 Å². The number of aromatic nitrogens is 3. The molecule has 0 spiro atoms. The Labute approximate surface area is 161 Å². The van der Waals surface area contributed by atoms with Crippen LogP contribution < -0.4 is 4.90 Å². The third-order valence-corrected chi connectivity index (χ3v) is 5.51. The molecule has 136 valence electrons. The van der Waals surface area contributed by atoms with Gasteiger partial charge in [0.1, 0.15) is 5.25 Å². The van der Waals surface area contributed by atoms with E-state index in [9.17, 15) is 9.59 Å². The zero-order chi connectivity index (χ0) is 18.8. The monoisotopic (exact) mass is 378 g/mol. The van der Waals surface area contributed by atoms with Gasteiger partial charge in [0, 0.05) is 12.0 Å². The molecule has 0 aliphatic carbocycles. The number of hydrogen-bond donors (Lipinski definition) is 1. The number of imide groups is 1. The normalized spacial score (nSPS) is 16.9. The Hall–Kier alpha value is -2.93. The number of carbonyl (C=O) groups excluding carboxylic acids is 2. The van der Waals surface area contributed by atoms with Crippen molar-refractivity contribution in [2.75, 3.05) is 4.90 Å². The molecule has 0 radical (unpaired) electrons. The van der Waals surface area contributed by atoms with E-state index in [1.807, 2.05) is 54.6 Å². The number of H-pyrrole nitrogens is 1. The Bertz CT molecular complexity index is 969. The van der Waals surface area contributed by atoms with Crippen molar-refractivity contribution in [1.82, 2.24) is 15.2 Å². The van der Waals surface area contributed by atoms with E-state index in [4.69, 9.17) is 0 Å². The van der Waals surface area contributed by atoms with Crippen molar-refractivity contribution in [3.63, 3.8) is 0 Å². The molecule has 1 aliphatic rings. The van der Waals surface area contributed by atoms with Crippen LogP contribution in [0.2, 0.25) is 0 Å². The number of nitrogens with zero attached hydrogens (tertiary/aromatic N) is 3. The summed E-state index contributed by atoms with van der Waals surface area (Å²) in [6.07, 6.45) is 1.06. The molecule has 4 rings (SSSR count). The molecule has 1 unspecified atom stereocenters. The minimum Gasteiger partial charge on any atom is -0.274 e. The minimum atomic E-state index is -0.511. The first-order chi connectivity index (χ1) is 13.2. The summed E-state index contributed by atoms with van der Waals surface area (Å²) in [4.78, 5) is 30.9. The average molecular weight is 378 g/mol. The Morgan fingerprint density at radius 2 is 1.85 bits per heavy atom. The third kappa shape index (κ3) is 3.50. The highest BCUT2D eigenvalue weighted by Gasteiger charge is 2.40. The lowest BCUT2D eigenvalue weighted by molar-refractivity contribution is -0.121. The highest BCUT2D eigenvalue weighted by Crippen LogP contribution is 2.33. The maximum absolute atomic E-state index is 12.8. The van der Waals surface area contributed by atoms with E-state index in [1.54, 1.807) is 0 Å². The van der Waals surface area contributed by atoms with Gasteiger partial charge in [-0.2, -0.15) is 0 Å². The number of aromatic amines is 1. The Kier molecular flexibility index (Phi) is 4.77. The van der Waals surface area contributed by atoms with Gasteiger partial charge in [-0.15, -0.1) is 5.10 Å². The van der Waals surface area contributed by atoms with Crippen LogP contribution in [0.15, 0.2) is 59.8 Å². The summed E-state index contributed by atoms with van der Waals surface area (Å²) in [6.45, 7) is 2.06. The van der Waals surface area contributed by atoms with E-state index >= 15 is 0 Å². The smallest absolute Gasteiger partial charge is 0.247 e. The van der Waals surface area contributed by atoms with Crippen molar-refractivity contribution in [3.8, 4) is 11.4 Å². The fraction of sp³-hybridized carbons (Fsp3) is 0.200. The molecule has 2 heterocycles. The number of carbonyl (C=O) groups is 2. The van der Waals surface area contributed by atoms with Crippen LogP contribution in [0.25, 0.3) is 11.4 Å². The number of benzene rings is 2. The molecule has 1 aromatic heterocycles. The Balaban J connectivity index is 1.50. The molecular weight excluding hydrogens is 360 g/mol. The maximum atomic E-state index is 12.8. The molecule has 3 aromatic rings. The quantitative estimate of drug-likeness (QED) is 0.688. The summed E-state index contributed by atoms with van der Waals surface area (Å²) in [5, 5.41) is 7.02.